The summed E-state index contributed by atoms with van der Waals surface area (Å²) in [6, 6.07) is 12.6. The lowest BCUT2D eigenvalue weighted by Gasteiger charge is -2.11. The summed E-state index contributed by atoms with van der Waals surface area (Å²) in [7, 11) is 0. The Morgan fingerprint density at radius 2 is 1.97 bits per heavy atom. The first-order valence-electron chi connectivity index (χ1n) is 12.8. The highest BCUT2D eigenvalue weighted by molar-refractivity contribution is 7.08. The van der Waals surface area contributed by atoms with Crippen LogP contribution >= 0.6 is 11.3 Å². The number of hydrogen-bond donors (Lipinski definition) is 3. The van der Waals surface area contributed by atoms with Gasteiger partial charge < -0.3 is 10.3 Å². The molecule has 0 unspecified atom stereocenters. The number of H-pyrrole nitrogens is 2. The van der Waals surface area contributed by atoms with Crippen LogP contribution in [0.1, 0.15) is 31.2 Å². The van der Waals surface area contributed by atoms with E-state index in [1.807, 2.05) is 30.7 Å². The number of pyridine rings is 3. The number of aromatic amines is 2. The van der Waals surface area contributed by atoms with Crippen molar-refractivity contribution in [2.45, 2.75) is 32.2 Å². The first kappa shape index (κ1) is 22.3. The highest BCUT2D eigenvalue weighted by atomic mass is 32.1. The number of hydrogen-bond acceptors (Lipinski definition) is 6. The molecule has 0 spiro atoms. The van der Waals surface area contributed by atoms with E-state index in [1.165, 1.54) is 36.8 Å². The Morgan fingerprint density at radius 3 is 2.86 bits per heavy atom. The number of nitrogens with one attached hydrogen (secondary N) is 3. The van der Waals surface area contributed by atoms with Gasteiger partial charge >= 0.3 is 0 Å². The third-order valence-corrected chi connectivity index (χ3v) is 8.04. The minimum absolute atomic E-state index is 0.786. The maximum absolute atomic E-state index is 5.02. The quantitative estimate of drug-likeness (QED) is 0.228. The normalized spacial score (nSPS) is 14.3. The van der Waals surface area contributed by atoms with Crippen molar-refractivity contribution in [3.05, 3.63) is 71.3 Å². The fourth-order valence-electron chi connectivity index (χ4n) is 5.43. The minimum Gasteiger partial charge on any atom is -0.338 e. The van der Waals surface area contributed by atoms with E-state index in [0.717, 1.165) is 69.3 Å². The molecule has 1 aliphatic rings. The van der Waals surface area contributed by atoms with Crippen LogP contribution in [0.5, 0.6) is 0 Å². The summed E-state index contributed by atoms with van der Waals surface area (Å²) in [5, 5.41) is 16.7. The molecule has 8 heteroatoms. The monoisotopic (exact) mass is 505 g/mol. The van der Waals surface area contributed by atoms with Crippen LogP contribution in [-0.2, 0) is 6.54 Å². The summed E-state index contributed by atoms with van der Waals surface area (Å²) in [6.07, 6.45) is 11.1. The fraction of sp³-hybridized carbons (Fsp3) is 0.241. The van der Waals surface area contributed by atoms with E-state index >= 15 is 0 Å². The molecule has 0 aromatic carbocycles. The number of aromatic nitrogens is 6. The van der Waals surface area contributed by atoms with Gasteiger partial charge in [-0.3, -0.25) is 10.1 Å². The van der Waals surface area contributed by atoms with Crippen LogP contribution in [0.15, 0.2) is 65.7 Å². The predicted octanol–water partition coefficient (Wildman–Crippen LogP) is 6.57. The van der Waals surface area contributed by atoms with Crippen molar-refractivity contribution < 1.29 is 0 Å². The number of rotatable bonds is 7. The second-order valence-electron chi connectivity index (χ2n) is 9.84. The Kier molecular flexibility index (Phi) is 5.75. The topological polar surface area (TPSA) is 95.2 Å². The predicted molar refractivity (Wildman–Crippen MR) is 149 cm³/mol. The van der Waals surface area contributed by atoms with Crippen molar-refractivity contribution in [1.82, 2.24) is 35.5 Å². The lowest BCUT2D eigenvalue weighted by atomic mass is 10.1. The Hall–Kier alpha value is -3.88. The van der Waals surface area contributed by atoms with Crippen molar-refractivity contribution in [2.75, 3.05) is 6.54 Å². The van der Waals surface area contributed by atoms with Crippen LogP contribution in [0, 0.1) is 5.92 Å². The molecular weight excluding hydrogens is 478 g/mol. The largest absolute Gasteiger partial charge is 0.338 e. The molecule has 0 amide bonds. The molecule has 7 rings (SSSR count). The third kappa shape index (κ3) is 4.32. The van der Waals surface area contributed by atoms with Crippen molar-refractivity contribution in [3.8, 4) is 33.8 Å². The average molecular weight is 506 g/mol. The van der Waals surface area contributed by atoms with Gasteiger partial charge in [-0.1, -0.05) is 12.8 Å². The van der Waals surface area contributed by atoms with Crippen molar-refractivity contribution in [2.24, 2.45) is 5.92 Å². The van der Waals surface area contributed by atoms with Gasteiger partial charge in [0.15, 0.2) is 0 Å². The molecule has 0 radical (unpaired) electrons. The van der Waals surface area contributed by atoms with Crippen molar-refractivity contribution in [3.63, 3.8) is 0 Å². The second-order valence-corrected chi connectivity index (χ2v) is 10.6. The zero-order chi connectivity index (χ0) is 24.6. The molecule has 37 heavy (non-hydrogen) atoms. The zero-order valence-electron chi connectivity index (χ0n) is 20.4. The summed E-state index contributed by atoms with van der Waals surface area (Å²) in [5.41, 5.74) is 9.66. The van der Waals surface area contributed by atoms with E-state index in [0.29, 0.717) is 0 Å². The molecule has 6 aromatic heterocycles. The number of fused-ring (bicyclic) bond motifs is 2. The van der Waals surface area contributed by atoms with E-state index in [2.05, 4.69) is 65.5 Å². The highest BCUT2D eigenvalue weighted by Gasteiger charge is 2.17. The van der Waals surface area contributed by atoms with Gasteiger partial charge in [0, 0.05) is 36.1 Å². The Labute approximate surface area is 218 Å². The van der Waals surface area contributed by atoms with Crippen LogP contribution in [-0.4, -0.2) is 36.7 Å². The average Bonchev–Trinajstić information content (AvgIpc) is 3.74. The highest BCUT2D eigenvalue weighted by Crippen LogP contribution is 2.34. The first-order chi connectivity index (χ1) is 18.3. The first-order valence-corrected chi connectivity index (χ1v) is 13.8. The lowest BCUT2D eigenvalue weighted by Crippen LogP contribution is -2.20. The maximum Gasteiger partial charge on any atom is 0.138 e. The summed E-state index contributed by atoms with van der Waals surface area (Å²) in [6.45, 7) is 1.91. The van der Waals surface area contributed by atoms with Gasteiger partial charge in [0.2, 0.25) is 0 Å². The molecule has 184 valence electrons. The molecule has 6 aromatic rings. The molecule has 0 saturated heterocycles. The van der Waals surface area contributed by atoms with E-state index in [1.54, 1.807) is 11.3 Å². The molecule has 1 fully saturated rings. The van der Waals surface area contributed by atoms with Crippen molar-refractivity contribution >= 4 is 33.4 Å². The Morgan fingerprint density at radius 1 is 1.03 bits per heavy atom. The third-order valence-electron chi connectivity index (χ3n) is 7.35. The fourth-order valence-corrected chi connectivity index (χ4v) is 6.09. The van der Waals surface area contributed by atoms with Gasteiger partial charge in [-0.25, -0.2) is 9.97 Å². The van der Waals surface area contributed by atoms with Gasteiger partial charge in [-0.15, -0.1) is 0 Å². The second kappa shape index (κ2) is 9.53. The van der Waals surface area contributed by atoms with Gasteiger partial charge in [0.05, 0.1) is 16.9 Å². The van der Waals surface area contributed by atoms with Crippen molar-refractivity contribution in [1.29, 1.82) is 0 Å². The Bertz CT molecular complexity index is 1680. The van der Waals surface area contributed by atoms with Crippen LogP contribution in [0.3, 0.4) is 0 Å². The van der Waals surface area contributed by atoms with Crippen LogP contribution < -0.4 is 5.32 Å². The van der Waals surface area contributed by atoms with E-state index in [9.17, 15) is 0 Å². The Balaban J connectivity index is 1.20. The summed E-state index contributed by atoms with van der Waals surface area (Å²) in [4.78, 5) is 17.5. The summed E-state index contributed by atoms with van der Waals surface area (Å²) in [5.74, 6) is 0.820. The number of nitrogens with zero attached hydrogens (tertiary/aromatic N) is 4. The molecule has 1 saturated carbocycles. The maximum atomic E-state index is 5.02. The molecule has 0 aliphatic heterocycles. The smallest absolute Gasteiger partial charge is 0.138 e. The molecular formula is C29H27N7S. The zero-order valence-corrected chi connectivity index (χ0v) is 21.2. The summed E-state index contributed by atoms with van der Waals surface area (Å²) >= 11 is 1.69. The molecule has 3 N–H and O–H groups in total. The standard InChI is InChI=1S/C29H27N7S/c1-2-4-18(3-1)13-30-14-19-11-21(16-31-15-19)24-5-6-25-27(33-24)28(36-35-25)26-12-23-22(20-8-10-37-17-20)7-9-32-29(23)34-26/h5-12,15-18,30H,1-4,13-14H2,(H,32,34)(H,35,36). The lowest BCUT2D eigenvalue weighted by molar-refractivity contribution is 0.489. The van der Waals surface area contributed by atoms with Gasteiger partial charge in [-0.05, 0) is 89.2 Å². The summed E-state index contributed by atoms with van der Waals surface area (Å²) < 4.78 is 0. The van der Waals surface area contributed by atoms with E-state index in [-0.39, 0.29) is 0 Å². The number of thiophene rings is 1. The van der Waals surface area contributed by atoms with E-state index in [4.69, 9.17) is 4.98 Å². The van der Waals surface area contributed by atoms with Crippen LogP contribution in [0.2, 0.25) is 0 Å². The van der Waals surface area contributed by atoms with Gasteiger partial charge in [0.1, 0.15) is 16.9 Å². The molecule has 1 aliphatic carbocycles. The van der Waals surface area contributed by atoms with Gasteiger partial charge in [-0.2, -0.15) is 16.4 Å². The SMILES string of the molecule is c1cc(-c2ccsc2)c2cc(-c3n[nH]c4ccc(-c5cncc(CNCC6CCCC6)c5)nc34)[nH]c2n1. The van der Waals surface area contributed by atoms with Gasteiger partial charge in [0.25, 0.3) is 0 Å². The molecule has 7 nitrogen and oxygen atoms in total. The van der Waals surface area contributed by atoms with E-state index < -0.39 is 0 Å². The minimum atomic E-state index is 0.786. The van der Waals surface area contributed by atoms with Crippen LogP contribution in [0.25, 0.3) is 55.8 Å². The molecule has 0 bridgehead atoms. The molecule has 6 heterocycles. The molecule has 0 atom stereocenters. The van der Waals surface area contributed by atoms with Crippen LogP contribution in [0.4, 0.5) is 0 Å².